The van der Waals surface area contributed by atoms with E-state index in [0.29, 0.717) is 17.9 Å². The quantitative estimate of drug-likeness (QED) is 0.835. The Balaban J connectivity index is 2.35. The highest BCUT2D eigenvalue weighted by atomic mass is 16.2. The summed E-state index contributed by atoms with van der Waals surface area (Å²) in [7, 11) is 1.78. The van der Waals surface area contributed by atoms with Crippen molar-refractivity contribution in [3.8, 4) is 0 Å². The van der Waals surface area contributed by atoms with Crippen LogP contribution in [0.5, 0.6) is 0 Å². The second-order valence-corrected chi connectivity index (χ2v) is 3.98. The zero-order valence-electron chi connectivity index (χ0n) is 10.5. The highest BCUT2D eigenvalue weighted by Gasteiger charge is 2.19. The number of benzene rings is 1. The Labute approximate surface area is 106 Å². The molecule has 1 aromatic heterocycles. The molecule has 0 bridgehead atoms. The van der Waals surface area contributed by atoms with E-state index < -0.39 is 0 Å². The van der Waals surface area contributed by atoms with Gasteiger partial charge in [-0.05, 0) is 25.1 Å². The van der Waals surface area contributed by atoms with Gasteiger partial charge < -0.3 is 10.6 Å². The molecular formula is C13H16N4O. The largest absolute Gasteiger partial charge is 0.397 e. The summed E-state index contributed by atoms with van der Waals surface area (Å²) < 4.78 is 1.61. The summed E-state index contributed by atoms with van der Waals surface area (Å²) >= 11 is 0. The Morgan fingerprint density at radius 3 is 2.67 bits per heavy atom. The number of para-hydroxylation sites is 2. The van der Waals surface area contributed by atoms with Crippen LogP contribution in [0.25, 0.3) is 0 Å². The van der Waals surface area contributed by atoms with Crippen molar-refractivity contribution in [3.05, 3.63) is 42.2 Å². The van der Waals surface area contributed by atoms with Gasteiger partial charge in [0.15, 0.2) is 5.69 Å². The van der Waals surface area contributed by atoms with Gasteiger partial charge in [0, 0.05) is 19.8 Å². The highest BCUT2D eigenvalue weighted by Crippen LogP contribution is 2.23. The molecule has 2 rings (SSSR count). The fraction of sp³-hybridized carbons (Fsp3) is 0.231. The lowest BCUT2D eigenvalue weighted by Crippen LogP contribution is -2.31. The number of carbonyl (C=O) groups excluding carboxylic acids is 1. The molecule has 1 amide bonds. The molecule has 0 aliphatic heterocycles. The SMILES string of the molecule is CCN(C(=O)c1ccn(C)n1)c1ccccc1N. The van der Waals surface area contributed by atoms with Crippen LogP contribution in [0.2, 0.25) is 0 Å². The van der Waals surface area contributed by atoms with Crippen LogP contribution < -0.4 is 10.6 Å². The number of aryl methyl sites for hydroxylation is 1. The lowest BCUT2D eigenvalue weighted by atomic mass is 10.2. The number of carbonyl (C=O) groups is 1. The van der Waals surface area contributed by atoms with Gasteiger partial charge in [-0.25, -0.2) is 0 Å². The van der Waals surface area contributed by atoms with Crippen molar-refractivity contribution < 1.29 is 4.79 Å². The van der Waals surface area contributed by atoms with Crippen LogP contribution in [0, 0.1) is 0 Å². The molecule has 0 aliphatic carbocycles. The maximum absolute atomic E-state index is 12.3. The molecule has 0 aliphatic rings. The molecule has 1 heterocycles. The standard InChI is InChI=1S/C13H16N4O/c1-3-17(12-7-5-4-6-10(12)14)13(18)11-8-9-16(2)15-11/h4-9H,3,14H2,1-2H3. The monoisotopic (exact) mass is 244 g/mol. The first-order chi connectivity index (χ1) is 8.63. The molecule has 0 atom stereocenters. The number of amides is 1. The molecule has 5 heteroatoms. The van der Waals surface area contributed by atoms with Crippen LogP contribution in [0.1, 0.15) is 17.4 Å². The number of anilines is 2. The van der Waals surface area contributed by atoms with E-state index in [1.54, 1.807) is 35.0 Å². The average molecular weight is 244 g/mol. The third-order valence-electron chi connectivity index (χ3n) is 2.72. The molecule has 1 aromatic carbocycles. The van der Waals surface area contributed by atoms with Crippen molar-refractivity contribution in [2.45, 2.75) is 6.92 Å². The van der Waals surface area contributed by atoms with Gasteiger partial charge in [-0.1, -0.05) is 12.1 Å². The topological polar surface area (TPSA) is 64.2 Å². The number of nitrogen functional groups attached to an aromatic ring is 1. The molecular weight excluding hydrogens is 228 g/mol. The summed E-state index contributed by atoms with van der Waals surface area (Å²) in [4.78, 5) is 14.0. The summed E-state index contributed by atoms with van der Waals surface area (Å²) in [6, 6.07) is 9.02. The third kappa shape index (κ3) is 2.20. The van der Waals surface area contributed by atoms with Crippen molar-refractivity contribution in [1.29, 1.82) is 0 Å². The van der Waals surface area contributed by atoms with Gasteiger partial charge in [-0.15, -0.1) is 0 Å². The maximum atomic E-state index is 12.3. The van der Waals surface area contributed by atoms with Gasteiger partial charge in [0.25, 0.3) is 5.91 Å². The lowest BCUT2D eigenvalue weighted by Gasteiger charge is -2.21. The van der Waals surface area contributed by atoms with Crippen molar-refractivity contribution in [3.63, 3.8) is 0 Å². The zero-order valence-corrected chi connectivity index (χ0v) is 10.5. The van der Waals surface area contributed by atoms with E-state index in [2.05, 4.69) is 5.10 Å². The Hall–Kier alpha value is -2.30. The Bertz CT molecular complexity index is 562. The predicted molar refractivity (Wildman–Crippen MR) is 71.4 cm³/mol. The number of hydrogen-bond acceptors (Lipinski definition) is 3. The summed E-state index contributed by atoms with van der Waals surface area (Å²) in [5.74, 6) is -0.143. The van der Waals surface area contributed by atoms with Crippen LogP contribution in [0.15, 0.2) is 36.5 Å². The molecule has 94 valence electrons. The molecule has 0 saturated carbocycles. The average Bonchev–Trinajstić information content (AvgIpc) is 2.79. The van der Waals surface area contributed by atoms with Gasteiger partial charge in [0.1, 0.15) is 0 Å². The normalized spacial score (nSPS) is 10.3. The number of aromatic nitrogens is 2. The van der Waals surface area contributed by atoms with Gasteiger partial charge in [-0.2, -0.15) is 5.10 Å². The minimum absolute atomic E-state index is 0.143. The first-order valence-electron chi connectivity index (χ1n) is 5.79. The van der Waals surface area contributed by atoms with Crippen LogP contribution in [0.3, 0.4) is 0 Å². The van der Waals surface area contributed by atoms with Gasteiger partial charge in [0.05, 0.1) is 11.4 Å². The van der Waals surface area contributed by atoms with Crippen LogP contribution in [-0.4, -0.2) is 22.2 Å². The van der Waals surface area contributed by atoms with E-state index >= 15 is 0 Å². The van der Waals surface area contributed by atoms with Crippen LogP contribution in [0.4, 0.5) is 11.4 Å². The highest BCUT2D eigenvalue weighted by molar-refractivity contribution is 6.06. The summed E-state index contributed by atoms with van der Waals surface area (Å²) in [6.45, 7) is 2.46. The molecule has 2 aromatic rings. The molecule has 18 heavy (non-hydrogen) atoms. The minimum Gasteiger partial charge on any atom is -0.397 e. The number of nitrogens with two attached hydrogens (primary N) is 1. The van der Waals surface area contributed by atoms with Crippen molar-refractivity contribution in [1.82, 2.24) is 9.78 Å². The molecule has 0 unspecified atom stereocenters. The van der Waals surface area contributed by atoms with Gasteiger partial charge in [0.2, 0.25) is 0 Å². The first-order valence-corrected chi connectivity index (χ1v) is 5.79. The van der Waals surface area contributed by atoms with Crippen LogP contribution in [-0.2, 0) is 7.05 Å². The van der Waals surface area contributed by atoms with Gasteiger partial charge in [-0.3, -0.25) is 9.48 Å². The maximum Gasteiger partial charge on any atom is 0.278 e. The molecule has 0 fully saturated rings. The fourth-order valence-corrected chi connectivity index (χ4v) is 1.82. The molecule has 2 N–H and O–H groups in total. The Morgan fingerprint density at radius 1 is 1.39 bits per heavy atom. The first kappa shape index (κ1) is 12.2. The van der Waals surface area contributed by atoms with E-state index in [4.69, 9.17) is 5.73 Å². The third-order valence-corrected chi connectivity index (χ3v) is 2.72. The molecule has 0 saturated heterocycles. The van der Waals surface area contributed by atoms with Crippen molar-refractivity contribution in [2.75, 3.05) is 17.2 Å². The number of rotatable bonds is 3. The predicted octanol–water partition coefficient (Wildman–Crippen LogP) is 1.67. The summed E-state index contributed by atoms with van der Waals surface area (Å²) in [5.41, 5.74) is 7.62. The van der Waals surface area contributed by atoms with E-state index in [0.717, 1.165) is 5.69 Å². The number of hydrogen-bond donors (Lipinski definition) is 1. The summed E-state index contributed by atoms with van der Waals surface area (Å²) in [6.07, 6.45) is 1.75. The van der Waals surface area contributed by atoms with Crippen LogP contribution >= 0.6 is 0 Å². The molecule has 0 radical (unpaired) electrons. The lowest BCUT2D eigenvalue weighted by molar-refractivity contribution is 0.0983. The molecule has 5 nitrogen and oxygen atoms in total. The van der Waals surface area contributed by atoms with Gasteiger partial charge >= 0.3 is 0 Å². The minimum atomic E-state index is -0.143. The van der Waals surface area contributed by atoms with Crippen molar-refractivity contribution >= 4 is 17.3 Å². The smallest absolute Gasteiger partial charge is 0.278 e. The van der Waals surface area contributed by atoms with E-state index in [1.807, 2.05) is 25.1 Å². The van der Waals surface area contributed by atoms with Crippen molar-refractivity contribution in [2.24, 2.45) is 7.05 Å². The molecule has 0 spiro atoms. The van der Waals surface area contributed by atoms with E-state index in [-0.39, 0.29) is 5.91 Å². The second kappa shape index (κ2) is 4.91. The van der Waals surface area contributed by atoms with E-state index in [9.17, 15) is 4.79 Å². The number of nitrogens with zero attached hydrogens (tertiary/aromatic N) is 3. The Morgan fingerprint density at radius 2 is 2.11 bits per heavy atom. The van der Waals surface area contributed by atoms with E-state index in [1.165, 1.54) is 0 Å². The second-order valence-electron chi connectivity index (χ2n) is 3.98. The summed E-state index contributed by atoms with van der Waals surface area (Å²) in [5, 5.41) is 4.12. The zero-order chi connectivity index (χ0) is 13.1. The Kier molecular flexibility index (Phi) is 3.32. The fourth-order valence-electron chi connectivity index (χ4n) is 1.82.